The van der Waals surface area contributed by atoms with Crippen molar-refractivity contribution in [1.82, 2.24) is 0 Å². The van der Waals surface area contributed by atoms with E-state index < -0.39 is 23.3 Å². The van der Waals surface area contributed by atoms with E-state index in [1.165, 1.54) is 6.07 Å². The monoisotopic (exact) mass is 361 g/mol. The Morgan fingerprint density at radius 3 is 2.33 bits per heavy atom. The van der Waals surface area contributed by atoms with Crippen molar-refractivity contribution >= 4 is 39.2 Å². The van der Waals surface area contributed by atoms with Crippen LogP contribution in [0, 0.1) is 28.7 Å². The second-order valence-corrected chi connectivity index (χ2v) is 4.84. The molecule has 2 rings (SSSR count). The van der Waals surface area contributed by atoms with Crippen LogP contribution in [0.4, 0.5) is 34.6 Å². The molecule has 0 atom stereocenters. The van der Waals surface area contributed by atoms with Crippen LogP contribution in [0.1, 0.15) is 5.56 Å². The maximum Gasteiger partial charge on any atom is 0.196 e. The van der Waals surface area contributed by atoms with Gasteiger partial charge < -0.3 is 16.5 Å². The number of nitrogen functional groups attached to an aromatic ring is 1. The van der Waals surface area contributed by atoms with Gasteiger partial charge in [-0.15, -0.1) is 0 Å². The Morgan fingerprint density at radius 2 is 1.71 bits per heavy atom. The molecular weight excluding hydrogens is 354 g/mol. The predicted molar refractivity (Wildman–Crippen MR) is 76.0 cm³/mol. The minimum Gasteiger partial charge on any atom is -0.396 e. The SMILES string of the molecule is N=Cc1cc(Nc2ccc(F)c(F)c2F)c(Br)c(F)c1N. The average molecular weight is 362 g/mol. The van der Waals surface area contributed by atoms with Crippen molar-refractivity contribution in [3.05, 3.63) is 51.5 Å². The summed E-state index contributed by atoms with van der Waals surface area (Å²) in [4.78, 5) is 0. The molecule has 0 aliphatic rings. The quantitative estimate of drug-likeness (QED) is 0.329. The number of nitrogens with one attached hydrogen (secondary N) is 2. The van der Waals surface area contributed by atoms with Crippen LogP contribution in [-0.4, -0.2) is 6.21 Å². The van der Waals surface area contributed by atoms with Crippen LogP contribution in [0.25, 0.3) is 0 Å². The summed E-state index contributed by atoms with van der Waals surface area (Å²) in [5.41, 5.74) is 4.90. The van der Waals surface area contributed by atoms with Crippen molar-refractivity contribution < 1.29 is 17.6 Å². The third-order valence-corrected chi connectivity index (χ3v) is 3.51. The third kappa shape index (κ3) is 2.71. The Kier molecular flexibility index (Phi) is 4.17. The Hall–Kier alpha value is -2.09. The first-order valence-corrected chi connectivity index (χ1v) is 6.34. The van der Waals surface area contributed by atoms with Crippen LogP contribution in [-0.2, 0) is 0 Å². The first-order chi connectivity index (χ1) is 9.86. The Balaban J connectivity index is 2.52. The molecule has 0 unspecified atom stereocenters. The fourth-order valence-corrected chi connectivity index (χ4v) is 2.06. The topological polar surface area (TPSA) is 61.9 Å². The maximum absolute atomic E-state index is 13.8. The summed E-state index contributed by atoms with van der Waals surface area (Å²) >= 11 is 2.93. The van der Waals surface area contributed by atoms with Crippen molar-refractivity contribution in [3.8, 4) is 0 Å². The van der Waals surface area contributed by atoms with Crippen molar-refractivity contribution in [1.29, 1.82) is 5.41 Å². The molecule has 3 nitrogen and oxygen atoms in total. The lowest BCUT2D eigenvalue weighted by atomic mass is 10.1. The Bertz CT molecular complexity index is 734. The van der Waals surface area contributed by atoms with Gasteiger partial charge in [-0.25, -0.2) is 17.6 Å². The number of rotatable bonds is 3. The van der Waals surface area contributed by atoms with Gasteiger partial charge in [0, 0.05) is 11.8 Å². The first-order valence-electron chi connectivity index (χ1n) is 5.55. The molecule has 0 heterocycles. The van der Waals surface area contributed by atoms with Crippen molar-refractivity contribution in [3.63, 3.8) is 0 Å². The molecule has 2 aromatic carbocycles. The van der Waals surface area contributed by atoms with Gasteiger partial charge in [-0.3, -0.25) is 0 Å². The van der Waals surface area contributed by atoms with Gasteiger partial charge in [-0.05, 0) is 34.1 Å². The largest absolute Gasteiger partial charge is 0.396 e. The van der Waals surface area contributed by atoms with Crippen LogP contribution in [0.15, 0.2) is 22.7 Å². The van der Waals surface area contributed by atoms with Crippen LogP contribution in [0.5, 0.6) is 0 Å². The van der Waals surface area contributed by atoms with Gasteiger partial charge in [-0.1, -0.05) is 0 Å². The van der Waals surface area contributed by atoms with Crippen LogP contribution in [0.2, 0.25) is 0 Å². The van der Waals surface area contributed by atoms with E-state index >= 15 is 0 Å². The molecule has 0 aromatic heterocycles. The highest BCUT2D eigenvalue weighted by atomic mass is 79.9. The summed E-state index contributed by atoms with van der Waals surface area (Å²) in [6, 6.07) is 2.98. The first kappa shape index (κ1) is 15.3. The third-order valence-electron chi connectivity index (χ3n) is 2.74. The summed E-state index contributed by atoms with van der Waals surface area (Å²) in [5.74, 6) is -5.25. The van der Waals surface area contributed by atoms with E-state index in [-0.39, 0.29) is 27.1 Å². The molecule has 2 aromatic rings. The van der Waals surface area contributed by atoms with Crippen molar-refractivity contribution in [2.75, 3.05) is 11.1 Å². The molecule has 4 N–H and O–H groups in total. The maximum atomic E-state index is 13.8. The molecular formula is C13H8BrF4N3. The van der Waals surface area contributed by atoms with Gasteiger partial charge in [0.25, 0.3) is 0 Å². The normalized spacial score (nSPS) is 10.5. The minimum atomic E-state index is -1.64. The lowest BCUT2D eigenvalue weighted by molar-refractivity contribution is 0.449. The number of hydrogen-bond donors (Lipinski definition) is 3. The van der Waals surface area contributed by atoms with Gasteiger partial charge in [0.2, 0.25) is 0 Å². The molecule has 21 heavy (non-hydrogen) atoms. The number of anilines is 3. The molecule has 0 radical (unpaired) electrons. The van der Waals surface area contributed by atoms with E-state index in [0.29, 0.717) is 0 Å². The number of hydrogen-bond acceptors (Lipinski definition) is 3. The zero-order chi connectivity index (χ0) is 15.7. The zero-order valence-corrected chi connectivity index (χ0v) is 11.9. The summed E-state index contributed by atoms with van der Waals surface area (Å²) in [7, 11) is 0. The van der Waals surface area contributed by atoms with Gasteiger partial charge >= 0.3 is 0 Å². The average Bonchev–Trinajstić information content (AvgIpc) is 2.48. The van der Waals surface area contributed by atoms with Gasteiger partial charge in [-0.2, -0.15) is 0 Å². The van der Waals surface area contributed by atoms with Crippen LogP contribution < -0.4 is 11.1 Å². The summed E-state index contributed by atoms with van der Waals surface area (Å²) in [6.45, 7) is 0. The van der Waals surface area contributed by atoms with E-state index in [0.717, 1.165) is 18.3 Å². The van der Waals surface area contributed by atoms with Gasteiger partial charge in [0.1, 0.15) is 0 Å². The molecule has 0 fully saturated rings. The molecule has 0 spiro atoms. The van der Waals surface area contributed by atoms with Crippen molar-refractivity contribution in [2.45, 2.75) is 0 Å². The molecule has 0 bridgehead atoms. The molecule has 0 saturated carbocycles. The molecule has 0 aliphatic heterocycles. The Morgan fingerprint density at radius 1 is 1.05 bits per heavy atom. The summed E-state index contributed by atoms with van der Waals surface area (Å²) in [5, 5.41) is 9.56. The van der Waals surface area contributed by atoms with E-state index in [1.54, 1.807) is 0 Å². The summed E-state index contributed by atoms with van der Waals surface area (Å²) in [6.07, 6.45) is 0.817. The molecule has 0 amide bonds. The van der Waals surface area contributed by atoms with E-state index in [2.05, 4.69) is 21.2 Å². The molecule has 0 saturated heterocycles. The highest BCUT2D eigenvalue weighted by molar-refractivity contribution is 9.10. The minimum absolute atomic E-state index is 0.0186. The number of benzene rings is 2. The van der Waals surface area contributed by atoms with Gasteiger partial charge in [0.05, 0.1) is 21.5 Å². The molecule has 110 valence electrons. The predicted octanol–water partition coefficient (Wildman–Crippen LogP) is 4.33. The highest BCUT2D eigenvalue weighted by Gasteiger charge is 2.17. The fourth-order valence-electron chi connectivity index (χ4n) is 1.64. The van der Waals surface area contributed by atoms with Crippen LogP contribution >= 0.6 is 15.9 Å². The lowest BCUT2D eigenvalue weighted by Gasteiger charge is -2.13. The highest BCUT2D eigenvalue weighted by Crippen LogP contribution is 2.34. The lowest BCUT2D eigenvalue weighted by Crippen LogP contribution is -2.04. The fraction of sp³-hybridized carbons (Fsp3) is 0. The smallest absolute Gasteiger partial charge is 0.196 e. The summed E-state index contributed by atoms with van der Waals surface area (Å²) < 4.78 is 53.3. The molecule has 0 aliphatic carbocycles. The second kappa shape index (κ2) is 5.72. The second-order valence-electron chi connectivity index (χ2n) is 4.05. The standard InChI is InChI=1S/C13H8BrF4N3/c14-9-8(3-5(4-19)13(20)12(9)18)21-7-2-1-6(15)10(16)11(7)17/h1-4,19,21H,20H2. The Labute approximate surface area is 125 Å². The number of halogens is 5. The molecule has 8 heteroatoms. The number of nitrogens with two attached hydrogens (primary N) is 1. The van der Waals surface area contributed by atoms with E-state index in [1.807, 2.05) is 0 Å². The van der Waals surface area contributed by atoms with Crippen LogP contribution in [0.3, 0.4) is 0 Å². The van der Waals surface area contributed by atoms with Crippen molar-refractivity contribution in [2.24, 2.45) is 0 Å². The zero-order valence-electron chi connectivity index (χ0n) is 10.3. The van der Waals surface area contributed by atoms with Gasteiger partial charge in [0.15, 0.2) is 23.3 Å². The van der Waals surface area contributed by atoms with E-state index in [9.17, 15) is 17.6 Å². The van der Waals surface area contributed by atoms with E-state index in [4.69, 9.17) is 11.1 Å².